The maximum absolute atomic E-state index is 12.4. The number of rotatable bonds is 2. The van der Waals surface area contributed by atoms with Crippen LogP contribution in [0.1, 0.15) is 32.6 Å². The number of carbonyl (C=O) groups excluding carboxylic acids is 2. The second-order valence-corrected chi connectivity index (χ2v) is 6.39. The molecule has 0 N–H and O–H groups in total. The SMILES string of the molecule is COC(=O)c1cc(C#N)ccc1C1=C2C=CC(=O)C=C2Cc2ccccc21. The van der Waals surface area contributed by atoms with Crippen molar-refractivity contribution < 1.29 is 14.3 Å². The van der Waals surface area contributed by atoms with E-state index in [0.29, 0.717) is 23.1 Å². The second-order valence-electron chi connectivity index (χ2n) is 6.39. The predicted molar refractivity (Wildman–Crippen MR) is 101 cm³/mol. The Morgan fingerprint density at radius 2 is 1.93 bits per heavy atom. The summed E-state index contributed by atoms with van der Waals surface area (Å²) in [7, 11) is 1.32. The van der Waals surface area contributed by atoms with Crippen LogP contribution in [0.25, 0.3) is 5.57 Å². The molecule has 0 saturated heterocycles. The highest BCUT2D eigenvalue weighted by atomic mass is 16.5. The minimum Gasteiger partial charge on any atom is -0.465 e. The van der Waals surface area contributed by atoms with Crippen molar-refractivity contribution in [2.75, 3.05) is 7.11 Å². The van der Waals surface area contributed by atoms with Gasteiger partial charge in [-0.1, -0.05) is 36.4 Å². The fourth-order valence-corrected chi connectivity index (χ4v) is 3.63. The molecular formula is C23H15NO3. The molecule has 27 heavy (non-hydrogen) atoms. The van der Waals surface area contributed by atoms with Crippen LogP contribution >= 0.6 is 0 Å². The summed E-state index contributed by atoms with van der Waals surface area (Å²) >= 11 is 0. The number of fused-ring (bicyclic) bond motifs is 2. The molecule has 0 aromatic heterocycles. The molecule has 2 aromatic carbocycles. The molecule has 0 saturated carbocycles. The van der Waals surface area contributed by atoms with Gasteiger partial charge in [-0.2, -0.15) is 5.26 Å². The third-order valence-corrected chi connectivity index (χ3v) is 4.84. The first-order valence-electron chi connectivity index (χ1n) is 8.50. The minimum absolute atomic E-state index is 0.0412. The molecule has 0 heterocycles. The molecule has 0 amide bonds. The number of esters is 1. The van der Waals surface area contributed by atoms with Crippen molar-refractivity contribution in [3.05, 3.63) is 99.7 Å². The van der Waals surface area contributed by atoms with E-state index in [4.69, 9.17) is 4.74 Å². The topological polar surface area (TPSA) is 67.2 Å². The standard InChI is InChI=1S/C23H15NO3/c1-27-23(26)21-10-14(13-24)6-8-20(21)22-18-5-3-2-4-15(18)11-16-12-17(25)7-9-19(16)22/h2-10,12H,11H2,1H3. The Hall–Kier alpha value is -3.71. The lowest BCUT2D eigenvalue weighted by Gasteiger charge is -2.27. The van der Waals surface area contributed by atoms with Crippen LogP contribution in [0.2, 0.25) is 0 Å². The zero-order valence-electron chi connectivity index (χ0n) is 14.7. The number of hydrogen-bond acceptors (Lipinski definition) is 4. The van der Waals surface area contributed by atoms with Crippen LogP contribution in [0.5, 0.6) is 0 Å². The number of ketones is 1. The van der Waals surface area contributed by atoms with Crippen LogP contribution in [0, 0.1) is 11.3 Å². The van der Waals surface area contributed by atoms with Crippen LogP contribution in [0.15, 0.2) is 71.8 Å². The average Bonchev–Trinajstić information content (AvgIpc) is 2.71. The molecule has 0 atom stereocenters. The summed E-state index contributed by atoms with van der Waals surface area (Å²) in [5.74, 6) is -0.542. The summed E-state index contributed by atoms with van der Waals surface area (Å²) in [6.45, 7) is 0. The summed E-state index contributed by atoms with van der Waals surface area (Å²) in [4.78, 5) is 24.3. The van der Waals surface area contributed by atoms with Gasteiger partial charge < -0.3 is 4.74 Å². The van der Waals surface area contributed by atoms with Crippen molar-refractivity contribution >= 4 is 17.3 Å². The number of nitriles is 1. The molecule has 0 aliphatic heterocycles. The van der Waals surface area contributed by atoms with E-state index in [1.165, 1.54) is 13.2 Å². The van der Waals surface area contributed by atoms with E-state index in [9.17, 15) is 14.9 Å². The molecule has 0 spiro atoms. The first-order chi connectivity index (χ1) is 13.1. The van der Waals surface area contributed by atoms with E-state index in [1.54, 1.807) is 24.3 Å². The Kier molecular flexibility index (Phi) is 4.06. The lowest BCUT2D eigenvalue weighted by Crippen LogP contribution is -2.14. The van der Waals surface area contributed by atoms with Gasteiger partial charge >= 0.3 is 5.97 Å². The Labute approximate surface area is 156 Å². The molecule has 2 aliphatic rings. The van der Waals surface area contributed by atoms with Gasteiger partial charge in [0.15, 0.2) is 5.78 Å². The van der Waals surface area contributed by atoms with Gasteiger partial charge in [0.1, 0.15) is 0 Å². The van der Waals surface area contributed by atoms with Crippen LogP contribution in [-0.2, 0) is 16.0 Å². The van der Waals surface area contributed by atoms with Crippen molar-refractivity contribution in [3.8, 4) is 6.07 Å². The van der Waals surface area contributed by atoms with Gasteiger partial charge in [0.2, 0.25) is 0 Å². The maximum atomic E-state index is 12.4. The lowest BCUT2D eigenvalue weighted by atomic mass is 9.76. The normalized spacial score (nSPS) is 14.8. The number of benzene rings is 2. The number of allylic oxidation sites excluding steroid dienone is 5. The highest BCUT2D eigenvalue weighted by Gasteiger charge is 2.27. The molecule has 0 bridgehead atoms. The van der Waals surface area contributed by atoms with Gasteiger partial charge in [0.05, 0.1) is 24.3 Å². The highest BCUT2D eigenvalue weighted by Crippen LogP contribution is 2.41. The molecule has 0 unspecified atom stereocenters. The number of ether oxygens (including phenoxy) is 1. The van der Waals surface area contributed by atoms with Gasteiger partial charge in [-0.25, -0.2) is 4.79 Å². The number of carbonyl (C=O) groups is 2. The third kappa shape index (κ3) is 2.80. The van der Waals surface area contributed by atoms with Crippen LogP contribution in [-0.4, -0.2) is 18.9 Å². The lowest BCUT2D eigenvalue weighted by molar-refractivity contribution is -0.110. The van der Waals surface area contributed by atoms with Gasteiger partial charge in [0.25, 0.3) is 0 Å². The van der Waals surface area contributed by atoms with Crippen molar-refractivity contribution in [2.45, 2.75) is 6.42 Å². The van der Waals surface area contributed by atoms with E-state index in [2.05, 4.69) is 6.07 Å². The van der Waals surface area contributed by atoms with Gasteiger partial charge in [-0.3, -0.25) is 4.79 Å². The molecular weight excluding hydrogens is 338 g/mol. The Bertz CT molecular complexity index is 1130. The maximum Gasteiger partial charge on any atom is 0.338 e. The van der Waals surface area contributed by atoms with Crippen molar-refractivity contribution in [3.63, 3.8) is 0 Å². The van der Waals surface area contributed by atoms with E-state index in [1.807, 2.05) is 30.3 Å². The molecule has 4 heteroatoms. The molecule has 0 radical (unpaired) electrons. The number of hydrogen-bond donors (Lipinski definition) is 0. The van der Waals surface area contributed by atoms with Gasteiger partial charge in [-0.15, -0.1) is 0 Å². The Balaban J connectivity index is 2.06. The van der Waals surface area contributed by atoms with E-state index in [0.717, 1.165) is 27.8 Å². The number of methoxy groups -OCH3 is 1. The Morgan fingerprint density at radius 3 is 2.70 bits per heavy atom. The summed E-state index contributed by atoms with van der Waals surface area (Å²) in [5, 5.41) is 9.22. The predicted octanol–water partition coefficient (Wildman–Crippen LogP) is 3.77. The molecule has 2 aliphatic carbocycles. The van der Waals surface area contributed by atoms with Gasteiger partial charge in [-0.05, 0) is 64.1 Å². The zero-order chi connectivity index (χ0) is 19.0. The molecule has 4 nitrogen and oxygen atoms in total. The minimum atomic E-state index is -0.500. The first-order valence-corrected chi connectivity index (χ1v) is 8.50. The van der Waals surface area contributed by atoms with Gasteiger partial charge in [0, 0.05) is 0 Å². The fraction of sp³-hybridized carbons (Fsp3) is 0.0870. The molecule has 130 valence electrons. The summed E-state index contributed by atoms with van der Waals surface area (Å²) in [5.41, 5.74) is 6.23. The molecule has 0 fully saturated rings. The fourth-order valence-electron chi connectivity index (χ4n) is 3.63. The Morgan fingerprint density at radius 1 is 1.11 bits per heavy atom. The largest absolute Gasteiger partial charge is 0.465 e. The van der Waals surface area contributed by atoms with E-state index < -0.39 is 5.97 Å². The smallest absolute Gasteiger partial charge is 0.338 e. The highest BCUT2D eigenvalue weighted by molar-refractivity contribution is 6.07. The van der Waals surface area contributed by atoms with Crippen LogP contribution < -0.4 is 0 Å². The average molecular weight is 353 g/mol. The summed E-state index contributed by atoms with van der Waals surface area (Å²) in [6, 6.07) is 15.0. The summed E-state index contributed by atoms with van der Waals surface area (Å²) < 4.78 is 4.95. The van der Waals surface area contributed by atoms with E-state index in [-0.39, 0.29) is 5.78 Å². The first kappa shape index (κ1) is 16.7. The van der Waals surface area contributed by atoms with Crippen molar-refractivity contribution in [1.82, 2.24) is 0 Å². The van der Waals surface area contributed by atoms with Crippen molar-refractivity contribution in [1.29, 1.82) is 5.26 Å². The van der Waals surface area contributed by atoms with E-state index >= 15 is 0 Å². The molecule has 4 rings (SSSR count). The molecule has 2 aromatic rings. The summed E-state index contributed by atoms with van der Waals surface area (Å²) in [6.07, 6.45) is 5.65. The quantitative estimate of drug-likeness (QED) is 0.771. The third-order valence-electron chi connectivity index (χ3n) is 4.84. The van der Waals surface area contributed by atoms with Crippen LogP contribution in [0.3, 0.4) is 0 Å². The van der Waals surface area contributed by atoms with Crippen molar-refractivity contribution in [2.24, 2.45) is 0 Å². The monoisotopic (exact) mass is 353 g/mol. The van der Waals surface area contributed by atoms with Crippen LogP contribution in [0.4, 0.5) is 0 Å². The number of nitrogens with zero attached hydrogens (tertiary/aromatic N) is 1. The zero-order valence-corrected chi connectivity index (χ0v) is 14.7. The second kappa shape index (κ2) is 6.54.